The molecule has 1 aromatic heterocycles. The number of aromatic carboxylic acids is 1. The van der Waals surface area contributed by atoms with Crippen molar-refractivity contribution in [1.82, 2.24) is 5.32 Å². The molecule has 0 saturated carbocycles. The molecule has 1 aliphatic rings. The molecule has 0 unspecified atom stereocenters. The molecule has 10 heteroatoms. The highest BCUT2D eigenvalue weighted by atomic mass is 35.5. The molecular weight excluding hydrogens is 468 g/mol. The molecule has 1 aliphatic heterocycles. The molecule has 1 N–H and O–H groups in total. The predicted octanol–water partition coefficient (Wildman–Crippen LogP) is 2.80. The molecule has 2 aromatic carbocycles. The molecule has 4 rings (SSSR count). The molecule has 2 amide bonds. The third-order valence-electron chi connectivity index (χ3n) is 4.82. The smallest absolute Gasteiger partial charge is 0.270 e. The van der Waals surface area contributed by atoms with Gasteiger partial charge in [0, 0.05) is 11.1 Å². The van der Waals surface area contributed by atoms with Gasteiger partial charge in [0.15, 0.2) is 5.11 Å². The molecule has 33 heavy (non-hydrogen) atoms. The summed E-state index contributed by atoms with van der Waals surface area (Å²) in [6.07, 6.45) is 1.30. The van der Waals surface area contributed by atoms with Gasteiger partial charge in [-0.2, -0.15) is 0 Å². The summed E-state index contributed by atoms with van der Waals surface area (Å²) in [5.41, 5.74) is 0.647. The van der Waals surface area contributed by atoms with Gasteiger partial charge in [-0.05, 0) is 60.8 Å². The Morgan fingerprint density at radius 2 is 1.88 bits per heavy atom. The van der Waals surface area contributed by atoms with Crippen LogP contribution in [0.3, 0.4) is 0 Å². The van der Waals surface area contributed by atoms with Crippen molar-refractivity contribution in [3.05, 3.63) is 76.5 Å². The molecule has 2 heterocycles. The van der Waals surface area contributed by atoms with Crippen LogP contribution in [0.25, 0.3) is 17.4 Å². The maximum atomic E-state index is 13.1. The van der Waals surface area contributed by atoms with E-state index in [1.165, 1.54) is 36.3 Å². The van der Waals surface area contributed by atoms with Crippen molar-refractivity contribution in [1.29, 1.82) is 0 Å². The third-order valence-corrected chi connectivity index (χ3v) is 5.42. The molecule has 166 valence electrons. The molecule has 0 bridgehead atoms. The zero-order valence-corrected chi connectivity index (χ0v) is 18.5. The molecular formula is C23H14ClN2O6S-. The van der Waals surface area contributed by atoms with Crippen molar-refractivity contribution < 1.29 is 28.6 Å². The van der Waals surface area contributed by atoms with Gasteiger partial charge in [-0.1, -0.05) is 23.7 Å². The normalized spacial score (nSPS) is 15.0. The number of carbonyl (C=O) groups is 3. The van der Waals surface area contributed by atoms with E-state index in [1.54, 1.807) is 36.4 Å². The van der Waals surface area contributed by atoms with Gasteiger partial charge < -0.3 is 19.1 Å². The molecule has 0 spiro atoms. The highest BCUT2D eigenvalue weighted by molar-refractivity contribution is 7.80. The highest BCUT2D eigenvalue weighted by Gasteiger charge is 2.34. The monoisotopic (exact) mass is 481 g/mol. The largest absolute Gasteiger partial charge is 0.545 e. The van der Waals surface area contributed by atoms with E-state index in [0.717, 1.165) is 0 Å². The van der Waals surface area contributed by atoms with Crippen molar-refractivity contribution in [3.63, 3.8) is 0 Å². The number of carbonyl (C=O) groups excluding carboxylic acids is 3. The molecule has 0 aliphatic carbocycles. The van der Waals surface area contributed by atoms with Crippen LogP contribution >= 0.6 is 23.8 Å². The second-order valence-electron chi connectivity index (χ2n) is 6.84. The fourth-order valence-corrected chi connectivity index (χ4v) is 3.72. The standard InChI is InChI=1S/C23H15ClN2O6S/c1-31-14-5-3-13(4-6-14)26-21(28)17(20(27)25-23(26)33)11-15-7-9-19(32-15)12-2-8-16(22(29)30)18(24)10-12/h2-11H,1H3,(H,29,30)(H,25,27,33)/p-1/b17-11-. The third kappa shape index (κ3) is 4.36. The van der Waals surface area contributed by atoms with Crippen LogP contribution in [-0.4, -0.2) is 30.0 Å². The van der Waals surface area contributed by atoms with Crippen LogP contribution < -0.4 is 20.1 Å². The number of hydrogen-bond acceptors (Lipinski definition) is 7. The summed E-state index contributed by atoms with van der Waals surface area (Å²) in [5, 5.41) is 13.5. The first-order valence-electron chi connectivity index (χ1n) is 9.45. The van der Waals surface area contributed by atoms with E-state index >= 15 is 0 Å². The van der Waals surface area contributed by atoms with Crippen molar-refractivity contribution in [2.75, 3.05) is 12.0 Å². The fourth-order valence-electron chi connectivity index (χ4n) is 3.18. The molecule has 3 aromatic rings. The number of halogens is 1. The number of carboxylic acids is 1. The molecule has 1 saturated heterocycles. The van der Waals surface area contributed by atoms with Crippen molar-refractivity contribution >= 4 is 58.5 Å². The van der Waals surface area contributed by atoms with Gasteiger partial charge in [0.25, 0.3) is 11.8 Å². The van der Waals surface area contributed by atoms with Crippen molar-refractivity contribution in [2.24, 2.45) is 0 Å². The number of anilines is 1. The lowest BCUT2D eigenvalue weighted by Gasteiger charge is -2.28. The van der Waals surface area contributed by atoms with Crippen LogP contribution in [-0.2, 0) is 9.59 Å². The van der Waals surface area contributed by atoms with E-state index in [1.807, 2.05) is 0 Å². The summed E-state index contributed by atoms with van der Waals surface area (Å²) in [6, 6.07) is 14.0. The maximum absolute atomic E-state index is 13.1. The Labute approximate surface area is 198 Å². The van der Waals surface area contributed by atoms with E-state index < -0.39 is 17.8 Å². The lowest BCUT2D eigenvalue weighted by Crippen LogP contribution is -2.54. The lowest BCUT2D eigenvalue weighted by atomic mass is 10.1. The minimum Gasteiger partial charge on any atom is -0.545 e. The Kier molecular flexibility index (Phi) is 5.99. The second-order valence-corrected chi connectivity index (χ2v) is 7.63. The van der Waals surface area contributed by atoms with Gasteiger partial charge in [0.2, 0.25) is 0 Å². The average molecular weight is 482 g/mol. The number of benzene rings is 2. The summed E-state index contributed by atoms with van der Waals surface area (Å²) >= 11 is 11.2. The van der Waals surface area contributed by atoms with Gasteiger partial charge in [-0.3, -0.25) is 19.8 Å². The van der Waals surface area contributed by atoms with Crippen LogP contribution in [0, 0.1) is 0 Å². The summed E-state index contributed by atoms with van der Waals surface area (Å²) < 4.78 is 10.8. The lowest BCUT2D eigenvalue weighted by molar-refractivity contribution is -0.255. The van der Waals surface area contributed by atoms with Crippen LogP contribution in [0.2, 0.25) is 5.02 Å². The topological polar surface area (TPSA) is 112 Å². The predicted molar refractivity (Wildman–Crippen MR) is 123 cm³/mol. The zero-order chi connectivity index (χ0) is 23.7. The first kappa shape index (κ1) is 22.3. The Hall–Kier alpha value is -3.95. The number of furan rings is 1. The molecule has 1 fully saturated rings. The summed E-state index contributed by atoms with van der Waals surface area (Å²) in [6.45, 7) is 0. The van der Waals surface area contributed by atoms with E-state index in [0.29, 0.717) is 22.8 Å². The molecule has 8 nitrogen and oxygen atoms in total. The minimum absolute atomic E-state index is 0.00529. The van der Waals surface area contributed by atoms with Gasteiger partial charge in [-0.25, -0.2) is 0 Å². The van der Waals surface area contributed by atoms with E-state index in [2.05, 4.69) is 5.32 Å². The van der Waals surface area contributed by atoms with Gasteiger partial charge in [-0.15, -0.1) is 0 Å². The van der Waals surface area contributed by atoms with Crippen LogP contribution in [0.15, 0.2) is 64.6 Å². The van der Waals surface area contributed by atoms with E-state index in [9.17, 15) is 19.5 Å². The fraction of sp³-hybridized carbons (Fsp3) is 0.0435. The zero-order valence-electron chi connectivity index (χ0n) is 17.0. The summed E-state index contributed by atoms with van der Waals surface area (Å²) in [7, 11) is 1.52. The van der Waals surface area contributed by atoms with Crippen LogP contribution in [0.4, 0.5) is 5.69 Å². The Morgan fingerprint density at radius 1 is 1.15 bits per heavy atom. The van der Waals surface area contributed by atoms with Gasteiger partial charge >= 0.3 is 0 Å². The number of amides is 2. The van der Waals surface area contributed by atoms with Crippen molar-refractivity contribution in [2.45, 2.75) is 0 Å². The van der Waals surface area contributed by atoms with E-state index in [4.69, 9.17) is 33.0 Å². The number of nitrogens with one attached hydrogen (secondary N) is 1. The van der Waals surface area contributed by atoms with Gasteiger partial charge in [0.1, 0.15) is 22.8 Å². The first-order chi connectivity index (χ1) is 15.8. The summed E-state index contributed by atoms with van der Waals surface area (Å²) in [5.74, 6) is -1.48. The first-order valence-corrected chi connectivity index (χ1v) is 10.2. The quantitative estimate of drug-likeness (QED) is 0.339. The van der Waals surface area contributed by atoms with E-state index in [-0.39, 0.29) is 27.0 Å². The summed E-state index contributed by atoms with van der Waals surface area (Å²) in [4.78, 5) is 37.8. The SMILES string of the molecule is COc1ccc(N2C(=O)/C(=C\c3ccc(-c4ccc(C(=O)[O-])c(Cl)c4)o3)C(=O)NC2=S)cc1. The number of methoxy groups -OCH3 is 1. The number of carboxylic acid groups (broad SMARTS) is 1. The van der Waals surface area contributed by atoms with Crippen LogP contribution in [0.1, 0.15) is 16.1 Å². The Morgan fingerprint density at radius 3 is 2.52 bits per heavy atom. The van der Waals surface area contributed by atoms with Crippen molar-refractivity contribution in [3.8, 4) is 17.1 Å². The number of ether oxygens (including phenoxy) is 1. The van der Waals surface area contributed by atoms with Gasteiger partial charge in [0.05, 0.1) is 23.8 Å². The minimum atomic E-state index is -1.39. The van der Waals surface area contributed by atoms with Crippen LogP contribution in [0.5, 0.6) is 5.75 Å². The maximum Gasteiger partial charge on any atom is 0.270 e. The Bertz CT molecular complexity index is 1330. The number of nitrogens with zero attached hydrogens (tertiary/aromatic N) is 1. The highest BCUT2D eigenvalue weighted by Crippen LogP contribution is 2.29. The number of thiocarbonyl (C=S) groups is 1. The number of rotatable bonds is 5. The Balaban J connectivity index is 1.64. The number of hydrogen-bond donors (Lipinski definition) is 1. The second kappa shape index (κ2) is 8.89. The molecule has 0 radical (unpaired) electrons. The molecule has 0 atom stereocenters. The average Bonchev–Trinajstić information content (AvgIpc) is 3.25.